The predicted molar refractivity (Wildman–Crippen MR) is 129 cm³/mol. The number of carboxylic acid groups (broad SMARTS) is 1. The quantitative estimate of drug-likeness (QED) is 0.596. The largest absolute Gasteiger partial charge is 0.504 e. The Morgan fingerprint density at radius 1 is 1.09 bits per heavy atom. The van der Waals surface area contributed by atoms with Crippen LogP contribution in [0.4, 0.5) is 5.69 Å². The van der Waals surface area contributed by atoms with E-state index in [4.69, 9.17) is 5.11 Å². The number of benzene rings is 1. The van der Waals surface area contributed by atoms with Gasteiger partial charge in [0, 0.05) is 24.2 Å². The minimum Gasteiger partial charge on any atom is -0.504 e. The van der Waals surface area contributed by atoms with E-state index in [0.29, 0.717) is 35.9 Å². The maximum Gasteiger partial charge on any atom is 0.322 e. The molecule has 182 valence electrons. The Labute approximate surface area is 200 Å². The molecule has 0 saturated carbocycles. The lowest BCUT2D eigenvalue weighted by Crippen LogP contribution is -2.43. The Hall–Kier alpha value is -3.16. The highest BCUT2D eigenvalue weighted by Gasteiger charge is 2.41. The third-order valence-corrected chi connectivity index (χ3v) is 7.05. The van der Waals surface area contributed by atoms with Gasteiger partial charge in [0.05, 0.1) is 5.69 Å². The standard InChI is InChI=1S/C26H34N4O4/c1-15-24(33)23(25(34)27-14-22(31)32)29-21(28-15)13-16-11-19-9-10-20(12-16)30(19)18-7-5-17(6-8-18)26(2,3)4/h5-8,16,19-20,33H,9-14H2,1-4H3,(H,27,34)(H,31,32). The lowest BCUT2D eigenvalue weighted by atomic mass is 9.85. The summed E-state index contributed by atoms with van der Waals surface area (Å²) in [5.41, 5.74) is 2.92. The number of carbonyl (C=O) groups excluding carboxylic acids is 1. The van der Waals surface area contributed by atoms with Gasteiger partial charge in [-0.1, -0.05) is 32.9 Å². The van der Waals surface area contributed by atoms with Crippen molar-refractivity contribution in [2.75, 3.05) is 11.4 Å². The van der Waals surface area contributed by atoms with Gasteiger partial charge >= 0.3 is 5.97 Å². The van der Waals surface area contributed by atoms with Gasteiger partial charge in [0.1, 0.15) is 12.4 Å². The number of hydrogen-bond donors (Lipinski definition) is 3. The van der Waals surface area contributed by atoms with Crippen LogP contribution in [0.15, 0.2) is 24.3 Å². The van der Waals surface area contributed by atoms with Crippen molar-refractivity contribution in [2.24, 2.45) is 5.92 Å². The van der Waals surface area contributed by atoms with E-state index >= 15 is 0 Å². The zero-order valence-electron chi connectivity index (χ0n) is 20.3. The van der Waals surface area contributed by atoms with Crippen molar-refractivity contribution in [3.05, 3.63) is 47.0 Å². The average molecular weight is 467 g/mol. The van der Waals surface area contributed by atoms with Gasteiger partial charge in [-0.25, -0.2) is 9.97 Å². The van der Waals surface area contributed by atoms with Gasteiger partial charge in [0.15, 0.2) is 11.4 Å². The number of aliphatic carboxylic acids is 1. The second kappa shape index (κ2) is 9.24. The summed E-state index contributed by atoms with van der Waals surface area (Å²) in [6.07, 6.45) is 5.02. The molecule has 8 heteroatoms. The summed E-state index contributed by atoms with van der Waals surface area (Å²) in [5, 5.41) is 21.3. The van der Waals surface area contributed by atoms with Gasteiger partial charge < -0.3 is 20.4 Å². The number of hydrogen-bond acceptors (Lipinski definition) is 6. The number of aromatic hydroxyl groups is 1. The third-order valence-electron chi connectivity index (χ3n) is 7.05. The minimum atomic E-state index is -1.16. The van der Waals surface area contributed by atoms with Crippen molar-refractivity contribution in [1.82, 2.24) is 15.3 Å². The topological polar surface area (TPSA) is 116 Å². The molecule has 2 bridgehead atoms. The van der Waals surface area contributed by atoms with Crippen LogP contribution in [0.25, 0.3) is 0 Å². The number of carboxylic acids is 1. The van der Waals surface area contributed by atoms with Gasteiger partial charge in [0.25, 0.3) is 5.91 Å². The van der Waals surface area contributed by atoms with E-state index in [0.717, 1.165) is 12.8 Å². The minimum absolute atomic E-state index is 0.135. The predicted octanol–water partition coefficient (Wildman–Crippen LogP) is 3.59. The molecule has 2 saturated heterocycles. The number of nitrogens with one attached hydrogen (secondary N) is 1. The van der Waals surface area contributed by atoms with Crippen LogP contribution >= 0.6 is 0 Å². The summed E-state index contributed by atoms with van der Waals surface area (Å²) in [6, 6.07) is 9.93. The van der Waals surface area contributed by atoms with Gasteiger partial charge in [-0.05, 0) is 61.6 Å². The number of aryl methyl sites for hydroxylation is 1. The van der Waals surface area contributed by atoms with E-state index in [2.05, 4.69) is 65.2 Å². The SMILES string of the molecule is Cc1nc(CC2CC3CCC(C2)N3c2ccc(C(C)(C)C)cc2)nc(C(=O)NCC(=O)O)c1O. The molecule has 2 fully saturated rings. The molecule has 2 unspecified atom stereocenters. The monoisotopic (exact) mass is 466 g/mol. The molecule has 1 aromatic carbocycles. The number of aromatic nitrogens is 2. The summed E-state index contributed by atoms with van der Waals surface area (Å²) < 4.78 is 0. The van der Waals surface area contributed by atoms with Crippen LogP contribution in [0.5, 0.6) is 5.75 Å². The number of rotatable bonds is 6. The number of nitrogens with zero attached hydrogens (tertiary/aromatic N) is 3. The summed E-state index contributed by atoms with van der Waals surface area (Å²) in [4.78, 5) is 34.4. The van der Waals surface area contributed by atoms with Crippen LogP contribution in [-0.2, 0) is 16.6 Å². The zero-order valence-corrected chi connectivity index (χ0v) is 20.3. The Morgan fingerprint density at radius 2 is 1.71 bits per heavy atom. The van der Waals surface area contributed by atoms with E-state index < -0.39 is 18.4 Å². The summed E-state index contributed by atoms with van der Waals surface area (Å²) in [5.74, 6) is -1.26. The van der Waals surface area contributed by atoms with Crippen LogP contribution in [0.3, 0.4) is 0 Å². The smallest absolute Gasteiger partial charge is 0.322 e. The summed E-state index contributed by atoms with van der Waals surface area (Å²) in [6.45, 7) is 7.78. The fourth-order valence-electron chi connectivity index (χ4n) is 5.38. The zero-order chi connectivity index (χ0) is 24.6. The van der Waals surface area contributed by atoms with Crippen molar-refractivity contribution < 1.29 is 19.8 Å². The van der Waals surface area contributed by atoms with Crippen LogP contribution < -0.4 is 10.2 Å². The molecule has 0 spiro atoms. The molecular formula is C26H34N4O4. The highest BCUT2D eigenvalue weighted by Crippen LogP contribution is 2.43. The molecule has 2 aliphatic rings. The number of fused-ring (bicyclic) bond motifs is 2. The molecule has 0 radical (unpaired) electrons. The molecule has 2 aromatic rings. The molecule has 4 rings (SSSR count). The first kappa shape index (κ1) is 24.0. The van der Waals surface area contributed by atoms with Crippen LogP contribution in [-0.4, -0.2) is 50.7 Å². The highest BCUT2D eigenvalue weighted by atomic mass is 16.4. The first-order valence-electron chi connectivity index (χ1n) is 12.0. The number of amides is 1. The van der Waals surface area contributed by atoms with E-state index in [1.54, 1.807) is 6.92 Å². The summed E-state index contributed by atoms with van der Waals surface area (Å²) >= 11 is 0. The molecule has 1 aromatic heterocycles. The number of carbonyl (C=O) groups is 2. The second-order valence-electron chi connectivity index (χ2n) is 10.6. The Morgan fingerprint density at radius 3 is 2.26 bits per heavy atom. The van der Waals surface area contributed by atoms with Crippen molar-refractivity contribution in [1.29, 1.82) is 0 Å². The molecule has 2 aliphatic heterocycles. The maximum absolute atomic E-state index is 12.3. The van der Waals surface area contributed by atoms with E-state index in [-0.39, 0.29) is 16.9 Å². The number of piperidine rings is 1. The van der Waals surface area contributed by atoms with Gasteiger partial charge in [0.2, 0.25) is 0 Å². The Kier molecular flexibility index (Phi) is 6.51. The maximum atomic E-state index is 12.3. The van der Waals surface area contributed by atoms with Crippen LogP contribution in [0.1, 0.15) is 74.0 Å². The third kappa shape index (κ3) is 5.00. The second-order valence-corrected chi connectivity index (χ2v) is 10.6. The first-order valence-corrected chi connectivity index (χ1v) is 12.0. The van der Waals surface area contributed by atoms with Crippen molar-refractivity contribution >= 4 is 17.6 Å². The molecular weight excluding hydrogens is 432 g/mol. The highest BCUT2D eigenvalue weighted by molar-refractivity contribution is 5.96. The van der Waals surface area contributed by atoms with E-state index in [1.165, 1.54) is 24.1 Å². The molecule has 2 atom stereocenters. The van der Waals surface area contributed by atoms with Crippen LogP contribution in [0.2, 0.25) is 0 Å². The van der Waals surface area contributed by atoms with Gasteiger partial charge in [-0.15, -0.1) is 0 Å². The lowest BCUT2D eigenvalue weighted by Gasteiger charge is -2.41. The lowest BCUT2D eigenvalue weighted by molar-refractivity contribution is -0.135. The van der Waals surface area contributed by atoms with Crippen LogP contribution in [0, 0.1) is 12.8 Å². The van der Waals surface area contributed by atoms with Gasteiger partial charge in [-0.3, -0.25) is 9.59 Å². The van der Waals surface area contributed by atoms with Crippen molar-refractivity contribution in [3.8, 4) is 5.75 Å². The molecule has 3 N–H and O–H groups in total. The first-order chi connectivity index (χ1) is 16.0. The molecule has 3 heterocycles. The Bertz CT molecular complexity index is 1060. The summed E-state index contributed by atoms with van der Waals surface area (Å²) in [7, 11) is 0. The normalized spacial score (nSPS) is 22.0. The molecule has 8 nitrogen and oxygen atoms in total. The molecule has 1 amide bonds. The van der Waals surface area contributed by atoms with E-state index in [9.17, 15) is 14.7 Å². The molecule has 34 heavy (non-hydrogen) atoms. The fourth-order valence-corrected chi connectivity index (χ4v) is 5.38. The van der Waals surface area contributed by atoms with Gasteiger partial charge in [-0.2, -0.15) is 0 Å². The van der Waals surface area contributed by atoms with Crippen molar-refractivity contribution in [2.45, 2.75) is 77.3 Å². The average Bonchev–Trinajstić information content (AvgIpc) is 3.04. The van der Waals surface area contributed by atoms with Crippen molar-refractivity contribution in [3.63, 3.8) is 0 Å². The molecule has 0 aliphatic carbocycles. The Balaban J connectivity index is 1.46. The van der Waals surface area contributed by atoms with E-state index in [1.807, 2.05) is 0 Å². The fraction of sp³-hybridized carbons (Fsp3) is 0.538. The number of anilines is 1.